The molecule has 0 radical (unpaired) electrons. The number of carboxylic acids is 1. The van der Waals surface area contributed by atoms with E-state index in [9.17, 15) is 19.5 Å². The number of rotatable bonds is 7. The second kappa shape index (κ2) is 8.77. The van der Waals surface area contributed by atoms with E-state index in [1.165, 1.54) is 5.57 Å². The predicted molar refractivity (Wildman–Crippen MR) is 113 cm³/mol. The molecule has 7 heteroatoms. The maximum absolute atomic E-state index is 12.3. The van der Waals surface area contributed by atoms with Crippen molar-refractivity contribution in [2.45, 2.75) is 78.4 Å². The lowest BCUT2D eigenvalue weighted by Gasteiger charge is -2.60. The highest BCUT2D eigenvalue weighted by molar-refractivity contribution is 5.85. The van der Waals surface area contributed by atoms with Gasteiger partial charge in [0.15, 0.2) is 0 Å². The van der Waals surface area contributed by atoms with Gasteiger partial charge in [-0.05, 0) is 60.8 Å². The van der Waals surface area contributed by atoms with Crippen molar-refractivity contribution in [2.24, 2.45) is 22.7 Å². The topological polar surface area (TPSA) is 110 Å². The van der Waals surface area contributed by atoms with Crippen molar-refractivity contribution in [3.05, 3.63) is 23.3 Å². The number of allylic oxidation sites excluding steroid dienone is 2. The molecular weight excluding hydrogens is 400 g/mol. The van der Waals surface area contributed by atoms with Crippen molar-refractivity contribution >= 4 is 17.9 Å². The second-order valence-electron chi connectivity index (χ2n) is 10.1. The molecule has 2 N–H and O–H groups in total. The number of carbonyl (C=O) groups excluding carboxylic acids is 2. The number of carbonyl (C=O) groups is 3. The molecule has 3 rings (SSSR count). The van der Waals surface area contributed by atoms with E-state index in [1.54, 1.807) is 6.08 Å². The lowest BCUT2D eigenvalue weighted by atomic mass is 9.46. The average molecular weight is 435 g/mol. The summed E-state index contributed by atoms with van der Waals surface area (Å²) in [7, 11) is 0. The van der Waals surface area contributed by atoms with E-state index in [0.29, 0.717) is 13.0 Å². The van der Waals surface area contributed by atoms with E-state index in [1.807, 2.05) is 13.8 Å². The third-order valence-corrected chi connectivity index (χ3v) is 7.77. The Bertz CT molecular complexity index is 809. The summed E-state index contributed by atoms with van der Waals surface area (Å²) >= 11 is 0. The smallest absolute Gasteiger partial charge is 0.331 e. The number of hydrogen-bond donors (Lipinski definition) is 2. The highest BCUT2D eigenvalue weighted by Gasteiger charge is 2.59. The van der Waals surface area contributed by atoms with Crippen LogP contribution < -0.4 is 0 Å². The number of esters is 2. The van der Waals surface area contributed by atoms with E-state index in [4.69, 9.17) is 14.6 Å². The summed E-state index contributed by atoms with van der Waals surface area (Å²) in [4.78, 5) is 34.4. The molecule has 2 aliphatic carbocycles. The molecule has 0 spiro atoms. The van der Waals surface area contributed by atoms with Gasteiger partial charge < -0.3 is 19.7 Å². The number of cyclic esters (lactones) is 1. The van der Waals surface area contributed by atoms with Gasteiger partial charge in [0.25, 0.3) is 0 Å². The van der Waals surface area contributed by atoms with Gasteiger partial charge in [-0.2, -0.15) is 0 Å². The number of aliphatic carboxylic acids is 1. The Hall–Kier alpha value is -2.15. The normalized spacial score (nSPS) is 34.3. The van der Waals surface area contributed by atoms with Crippen LogP contribution in [0.4, 0.5) is 0 Å². The highest BCUT2D eigenvalue weighted by atomic mass is 16.6. The van der Waals surface area contributed by atoms with Crippen LogP contribution in [0.2, 0.25) is 0 Å². The number of ether oxygens (including phenoxy) is 2. The lowest BCUT2D eigenvalue weighted by Crippen LogP contribution is -2.60. The molecule has 0 aromatic carbocycles. The molecule has 0 aromatic rings. The monoisotopic (exact) mass is 434 g/mol. The maximum Gasteiger partial charge on any atom is 0.331 e. The average Bonchev–Trinajstić information content (AvgIpc) is 3.09. The Morgan fingerprint density at radius 3 is 2.58 bits per heavy atom. The number of hydrogen-bond acceptors (Lipinski definition) is 6. The highest BCUT2D eigenvalue weighted by Crippen LogP contribution is 2.61. The van der Waals surface area contributed by atoms with Crippen molar-refractivity contribution in [3.8, 4) is 0 Å². The molecule has 172 valence electrons. The minimum atomic E-state index is -1.05. The van der Waals surface area contributed by atoms with Crippen LogP contribution in [0.25, 0.3) is 0 Å². The van der Waals surface area contributed by atoms with Crippen LogP contribution >= 0.6 is 0 Å². The molecule has 1 aliphatic heterocycles. The Labute approximate surface area is 183 Å². The quantitative estimate of drug-likeness (QED) is 0.467. The number of aliphatic hydroxyl groups excluding tert-OH is 1. The predicted octanol–water partition coefficient (Wildman–Crippen LogP) is 3.41. The number of fused-ring (bicyclic) bond motifs is 1. The summed E-state index contributed by atoms with van der Waals surface area (Å²) in [5.41, 5.74) is 1.60. The van der Waals surface area contributed by atoms with E-state index in [0.717, 1.165) is 24.8 Å². The Morgan fingerprint density at radius 1 is 1.26 bits per heavy atom. The van der Waals surface area contributed by atoms with Crippen molar-refractivity contribution in [2.75, 3.05) is 6.61 Å². The van der Waals surface area contributed by atoms with Crippen LogP contribution in [-0.2, 0) is 23.9 Å². The molecule has 0 amide bonds. The van der Waals surface area contributed by atoms with Crippen molar-refractivity contribution < 1.29 is 34.1 Å². The summed E-state index contributed by atoms with van der Waals surface area (Å²) in [5.74, 6) is -1.51. The van der Waals surface area contributed by atoms with E-state index >= 15 is 0 Å². The first-order valence-electron chi connectivity index (χ1n) is 11.1. The molecule has 0 bridgehead atoms. The summed E-state index contributed by atoms with van der Waals surface area (Å²) in [6, 6.07) is 0. The molecule has 1 heterocycles. The summed E-state index contributed by atoms with van der Waals surface area (Å²) in [6.45, 7) is 8.74. The summed E-state index contributed by atoms with van der Waals surface area (Å²) < 4.78 is 10.7. The van der Waals surface area contributed by atoms with Gasteiger partial charge in [-0.1, -0.05) is 32.4 Å². The van der Waals surface area contributed by atoms with Crippen LogP contribution in [0, 0.1) is 22.7 Å². The summed E-state index contributed by atoms with van der Waals surface area (Å²) in [5, 5.41) is 19.9. The van der Waals surface area contributed by atoms with Gasteiger partial charge in [0, 0.05) is 6.08 Å². The molecule has 1 fully saturated rings. The van der Waals surface area contributed by atoms with Gasteiger partial charge in [-0.25, -0.2) is 4.79 Å². The largest absolute Gasteiger partial charge is 0.481 e. The van der Waals surface area contributed by atoms with Crippen LogP contribution in [0.15, 0.2) is 23.3 Å². The van der Waals surface area contributed by atoms with Crippen LogP contribution in [0.1, 0.15) is 66.2 Å². The third kappa shape index (κ3) is 4.71. The zero-order valence-corrected chi connectivity index (χ0v) is 18.8. The fourth-order valence-corrected chi connectivity index (χ4v) is 6.13. The Kier molecular flexibility index (Phi) is 6.65. The van der Waals surface area contributed by atoms with Crippen molar-refractivity contribution in [3.63, 3.8) is 0 Å². The van der Waals surface area contributed by atoms with Gasteiger partial charge in [0.05, 0.1) is 18.9 Å². The first-order chi connectivity index (χ1) is 14.4. The fourth-order valence-electron chi connectivity index (χ4n) is 6.13. The lowest BCUT2D eigenvalue weighted by molar-refractivity contribution is -0.198. The second-order valence-corrected chi connectivity index (χ2v) is 10.1. The van der Waals surface area contributed by atoms with Crippen molar-refractivity contribution in [1.29, 1.82) is 0 Å². The van der Waals surface area contributed by atoms with Gasteiger partial charge in [0.2, 0.25) is 0 Å². The zero-order chi connectivity index (χ0) is 23.0. The maximum atomic E-state index is 12.3. The minimum Gasteiger partial charge on any atom is -0.481 e. The molecule has 5 atom stereocenters. The molecular formula is C24H34O7. The number of carboxylic acid groups (broad SMARTS) is 1. The van der Waals surface area contributed by atoms with E-state index in [2.05, 4.69) is 19.9 Å². The van der Waals surface area contributed by atoms with Gasteiger partial charge in [-0.15, -0.1) is 0 Å². The third-order valence-electron chi connectivity index (χ3n) is 7.77. The molecule has 0 unspecified atom stereocenters. The van der Waals surface area contributed by atoms with E-state index < -0.39 is 29.6 Å². The fraction of sp³-hybridized carbons (Fsp3) is 0.708. The molecule has 0 aromatic heterocycles. The summed E-state index contributed by atoms with van der Waals surface area (Å²) in [6.07, 6.45) is 4.82. The van der Waals surface area contributed by atoms with Gasteiger partial charge in [0.1, 0.15) is 12.7 Å². The van der Waals surface area contributed by atoms with Crippen LogP contribution in [-0.4, -0.2) is 46.9 Å². The van der Waals surface area contributed by atoms with E-state index in [-0.39, 0.29) is 36.1 Å². The molecule has 1 saturated carbocycles. The first-order valence-corrected chi connectivity index (χ1v) is 11.1. The van der Waals surface area contributed by atoms with Crippen LogP contribution in [0.3, 0.4) is 0 Å². The SMILES string of the molecule is CC1=CC[C@@H]2C(C)(C)[C@H](O)[C@H](OC(=O)CCC(=O)O)C[C@]2(C)[C@H]1CCC1=CC(=O)OC1. The molecule has 7 nitrogen and oxygen atoms in total. The zero-order valence-electron chi connectivity index (χ0n) is 18.8. The standard InChI is InChI=1S/C24H34O7/c1-14-5-8-18-23(2,3)22(29)17(31-20(27)10-9-19(25)26)12-24(18,4)16(14)7-6-15-11-21(28)30-13-15/h5,11,16-18,22,29H,6-10,12-13H2,1-4H3,(H,25,26)/t16-,17+,18+,22+,24+/m0/s1. The van der Waals surface area contributed by atoms with Crippen LogP contribution in [0.5, 0.6) is 0 Å². The first kappa shape index (κ1) is 23.5. The molecule has 31 heavy (non-hydrogen) atoms. The molecule has 3 aliphatic rings. The Balaban J connectivity index is 1.81. The van der Waals surface area contributed by atoms with Crippen molar-refractivity contribution in [1.82, 2.24) is 0 Å². The van der Waals surface area contributed by atoms with Gasteiger partial charge >= 0.3 is 17.9 Å². The van der Waals surface area contributed by atoms with Gasteiger partial charge in [-0.3, -0.25) is 9.59 Å². The molecule has 0 saturated heterocycles. The Morgan fingerprint density at radius 2 is 1.97 bits per heavy atom. The number of aliphatic hydroxyl groups is 1. The minimum absolute atomic E-state index is 0.202.